The summed E-state index contributed by atoms with van der Waals surface area (Å²) in [5, 5.41) is 9.49. The molecule has 5 aromatic rings. The molecule has 1 fully saturated rings. The van der Waals surface area contributed by atoms with Gasteiger partial charge in [-0.05, 0) is 52.1 Å². The second-order valence-corrected chi connectivity index (χ2v) is 9.77. The molecule has 3 atom stereocenters. The summed E-state index contributed by atoms with van der Waals surface area (Å²) in [6.07, 6.45) is 1.83. The lowest BCUT2D eigenvalue weighted by Gasteiger charge is -2.36. The first kappa shape index (κ1) is 24.5. The number of benzene rings is 4. The molecule has 1 aromatic heterocycles. The largest absolute Gasteiger partial charge is 0.392 e. The average molecular weight is 506 g/mol. The minimum Gasteiger partial charge on any atom is -0.392 e. The molecule has 6 heteroatoms. The molecule has 0 spiro atoms. The van der Waals surface area contributed by atoms with E-state index in [-0.39, 0.29) is 18.8 Å². The van der Waals surface area contributed by atoms with Crippen molar-refractivity contribution in [2.45, 2.75) is 44.6 Å². The summed E-state index contributed by atoms with van der Waals surface area (Å²) in [6.45, 7) is 1.19. The van der Waals surface area contributed by atoms with Crippen LogP contribution in [0.15, 0.2) is 103 Å². The van der Waals surface area contributed by atoms with E-state index in [0.29, 0.717) is 19.5 Å². The van der Waals surface area contributed by atoms with Gasteiger partial charge in [-0.2, -0.15) is 0 Å². The molecule has 0 amide bonds. The Balaban J connectivity index is 1.32. The lowest BCUT2D eigenvalue weighted by atomic mass is 9.98. The van der Waals surface area contributed by atoms with E-state index < -0.39 is 6.29 Å². The molecule has 1 aliphatic rings. The van der Waals surface area contributed by atoms with E-state index >= 15 is 0 Å². The Labute approximate surface area is 222 Å². The minimum atomic E-state index is -0.524. The number of imidazole rings is 1. The number of aliphatic hydroxyl groups excluding tert-OH is 1. The van der Waals surface area contributed by atoms with Crippen LogP contribution in [0.5, 0.6) is 0 Å². The van der Waals surface area contributed by atoms with Crippen LogP contribution in [0.25, 0.3) is 22.2 Å². The van der Waals surface area contributed by atoms with Crippen molar-refractivity contribution in [1.82, 2.24) is 9.55 Å². The summed E-state index contributed by atoms with van der Waals surface area (Å²) < 4.78 is 15.3. The zero-order chi connectivity index (χ0) is 25.9. The molecule has 0 saturated carbocycles. The Bertz CT molecular complexity index is 1530. The van der Waals surface area contributed by atoms with Gasteiger partial charge in [-0.25, -0.2) is 4.98 Å². The van der Waals surface area contributed by atoms with E-state index in [1.807, 2.05) is 67.0 Å². The zero-order valence-corrected chi connectivity index (χ0v) is 21.1. The molecular weight excluding hydrogens is 474 g/mol. The molecule has 3 unspecified atom stereocenters. The van der Waals surface area contributed by atoms with E-state index in [4.69, 9.17) is 15.2 Å². The van der Waals surface area contributed by atoms with Crippen LogP contribution in [0.3, 0.4) is 0 Å². The van der Waals surface area contributed by atoms with Crippen LogP contribution < -0.4 is 5.73 Å². The Hall–Kier alpha value is -3.81. The van der Waals surface area contributed by atoms with E-state index in [1.165, 1.54) is 0 Å². The Morgan fingerprint density at radius 2 is 1.61 bits per heavy atom. The lowest BCUT2D eigenvalue weighted by Crippen LogP contribution is -2.32. The van der Waals surface area contributed by atoms with Crippen molar-refractivity contribution in [3.63, 3.8) is 0 Å². The van der Waals surface area contributed by atoms with Crippen molar-refractivity contribution in [3.8, 4) is 11.1 Å². The molecular formula is C32H31N3O3. The quantitative estimate of drug-likeness (QED) is 0.288. The first-order valence-electron chi connectivity index (χ1n) is 13.0. The van der Waals surface area contributed by atoms with Gasteiger partial charge in [-0.15, -0.1) is 0 Å². The van der Waals surface area contributed by atoms with Crippen molar-refractivity contribution in [2.75, 3.05) is 0 Å². The SMILES string of the molecule is NCc1cccc(-c2cccc(C3OC(Cn4cnc5ccccc54)CC(c4ccc(CO)cc4)O3)c2)c1. The zero-order valence-electron chi connectivity index (χ0n) is 21.1. The molecule has 3 N–H and O–H groups in total. The van der Waals surface area contributed by atoms with Gasteiger partial charge in [-0.1, -0.05) is 72.8 Å². The highest BCUT2D eigenvalue weighted by Crippen LogP contribution is 2.39. The maximum atomic E-state index is 9.49. The van der Waals surface area contributed by atoms with Crippen molar-refractivity contribution < 1.29 is 14.6 Å². The van der Waals surface area contributed by atoms with Crippen LogP contribution in [0, 0.1) is 0 Å². The normalized spacial score (nSPS) is 19.6. The number of aliphatic hydroxyl groups is 1. The van der Waals surface area contributed by atoms with Gasteiger partial charge in [0.15, 0.2) is 6.29 Å². The summed E-state index contributed by atoms with van der Waals surface area (Å²) in [7, 11) is 0. The number of ether oxygens (including phenoxy) is 2. The number of rotatable bonds is 7. The molecule has 1 saturated heterocycles. The molecule has 192 valence electrons. The number of nitrogens with two attached hydrogens (primary N) is 1. The molecule has 0 radical (unpaired) electrons. The fourth-order valence-corrected chi connectivity index (χ4v) is 5.15. The number of aromatic nitrogens is 2. The van der Waals surface area contributed by atoms with Gasteiger partial charge in [-0.3, -0.25) is 0 Å². The molecule has 6 rings (SSSR count). The third-order valence-corrected chi connectivity index (χ3v) is 7.20. The molecule has 38 heavy (non-hydrogen) atoms. The molecule has 4 aromatic carbocycles. The van der Waals surface area contributed by atoms with Crippen LogP contribution in [-0.4, -0.2) is 20.8 Å². The molecule has 2 heterocycles. The first-order valence-corrected chi connectivity index (χ1v) is 13.0. The van der Waals surface area contributed by atoms with E-state index in [9.17, 15) is 5.11 Å². The molecule has 0 bridgehead atoms. The lowest BCUT2D eigenvalue weighted by molar-refractivity contribution is -0.252. The smallest absolute Gasteiger partial charge is 0.184 e. The summed E-state index contributed by atoms with van der Waals surface area (Å²) in [5.74, 6) is 0. The van der Waals surface area contributed by atoms with Crippen LogP contribution in [0.2, 0.25) is 0 Å². The summed E-state index contributed by atoms with van der Waals surface area (Å²) >= 11 is 0. The van der Waals surface area contributed by atoms with Crippen molar-refractivity contribution in [1.29, 1.82) is 0 Å². The van der Waals surface area contributed by atoms with Gasteiger partial charge < -0.3 is 24.9 Å². The number of fused-ring (bicyclic) bond motifs is 1. The summed E-state index contributed by atoms with van der Waals surface area (Å²) in [5.41, 5.74) is 14.2. The molecule has 6 nitrogen and oxygen atoms in total. The number of para-hydroxylation sites is 2. The van der Waals surface area contributed by atoms with Crippen LogP contribution >= 0.6 is 0 Å². The molecule has 0 aliphatic carbocycles. The van der Waals surface area contributed by atoms with Crippen LogP contribution in [-0.2, 0) is 29.2 Å². The van der Waals surface area contributed by atoms with Crippen LogP contribution in [0.4, 0.5) is 0 Å². The van der Waals surface area contributed by atoms with E-state index in [1.54, 1.807) is 0 Å². The fraction of sp³-hybridized carbons (Fsp3) is 0.219. The summed E-state index contributed by atoms with van der Waals surface area (Å²) in [6, 6.07) is 32.8. The third kappa shape index (κ3) is 5.12. The standard InChI is InChI=1S/C32H31N3O3/c33-18-23-5-3-6-25(15-23)26-7-4-8-27(16-26)32-37-28(19-35-21-34-29-9-1-2-10-30(29)35)17-31(38-32)24-13-11-22(20-36)12-14-24/h1-16,21,28,31-32,36H,17-20,33H2. The second kappa shape index (κ2) is 10.9. The third-order valence-electron chi connectivity index (χ3n) is 7.20. The highest BCUT2D eigenvalue weighted by Gasteiger charge is 2.32. The maximum absolute atomic E-state index is 9.49. The van der Waals surface area contributed by atoms with E-state index in [2.05, 4.69) is 45.9 Å². The average Bonchev–Trinajstić information content (AvgIpc) is 3.39. The fourth-order valence-electron chi connectivity index (χ4n) is 5.15. The predicted molar refractivity (Wildman–Crippen MR) is 148 cm³/mol. The van der Waals surface area contributed by atoms with Gasteiger partial charge in [0.05, 0.1) is 42.7 Å². The highest BCUT2D eigenvalue weighted by molar-refractivity contribution is 5.74. The number of hydrogen-bond donors (Lipinski definition) is 2. The predicted octanol–water partition coefficient (Wildman–Crippen LogP) is 5.90. The van der Waals surface area contributed by atoms with Gasteiger partial charge in [0.2, 0.25) is 0 Å². The monoisotopic (exact) mass is 505 g/mol. The van der Waals surface area contributed by atoms with Crippen molar-refractivity contribution in [2.24, 2.45) is 5.73 Å². The summed E-state index contributed by atoms with van der Waals surface area (Å²) in [4.78, 5) is 4.56. The minimum absolute atomic E-state index is 0.0199. The van der Waals surface area contributed by atoms with Gasteiger partial charge in [0, 0.05) is 18.5 Å². The second-order valence-electron chi connectivity index (χ2n) is 9.77. The Morgan fingerprint density at radius 3 is 2.42 bits per heavy atom. The van der Waals surface area contributed by atoms with Gasteiger partial charge in [0.25, 0.3) is 0 Å². The maximum Gasteiger partial charge on any atom is 0.184 e. The number of hydrogen-bond acceptors (Lipinski definition) is 5. The van der Waals surface area contributed by atoms with E-state index in [0.717, 1.165) is 44.4 Å². The van der Waals surface area contributed by atoms with Gasteiger partial charge >= 0.3 is 0 Å². The first-order chi connectivity index (χ1) is 18.7. The van der Waals surface area contributed by atoms with Gasteiger partial charge in [0.1, 0.15) is 0 Å². The highest BCUT2D eigenvalue weighted by atomic mass is 16.7. The van der Waals surface area contributed by atoms with Crippen molar-refractivity contribution in [3.05, 3.63) is 126 Å². The Kier molecular flexibility index (Phi) is 7.03. The van der Waals surface area contributed by atoms with Crippen LogP contribution in [0.1, 0.15) is 41.1 Å². The topological polar surface area (TPSA) is 82.5 Å². The number of nitrogens with zero attached hydrogens (tertiary/aromatic N) is 2. The van der Waals surface area contributed by atoms with Crippen molar-refractivity contribution >= 4 is 11.0 Å². The Morgan fingerprint density at radius 1 is 0.816 bits per heavy atom. The molecule has 1 aliphatic heterocycles.